The van der Waals surface area contributed by atoms with Crippen LogP contribution in [0.3, 0.4) is 0 Å². The molecule has 2 rings (SSSR count). The molecule has 74 valence electrons. The molecule has 4 nitrogen and oxygen atoms in total. The lowest BCUT2D eigenvalue weighted by molar-refractivity contribution is 0.0698. The van der Waals surface area contributed by atoms with Crippen LogP contribution >= 0.6 is 12.4 Å². The average molecular weight is 213 g/mol. The quantitative estimate of drug-likeness (QED) is 0.784. The second-order valence-corrected chi connectivity index (χ2v) is 2.84. The highest BCUT2D eigenvalue weighted by molar-refractivity contribution is 5.94. The Morgan fingerprint density at radius 1 is 1.57 bits per heavy atom. The predicted octanol–water partition coefficient (Wildman–Crippen LogP) is 1.76. The van der Waals surface area contributed by atoms with Gasteiger partial charge in [-0.3, -0.25) is 0 Å². The van der Waals surface area contributed by atoms with E-state index in [0.29, 0.717) is 5.65 Å². The number of aromatic carboxylic acids is 1. The van der Waals surface area contributed by atoms with Gasteiger partial charge in [-0.1, -0.05) is 0 Å². The van der Waals surface area contributed by atoms with E-state index < -0.39 is 5.97 Å². The van der Waals surface area contributed by atoms with Crippen molar-refractivity contribution < 1.29 is 9.90 Å². The third-order valence-electron chi connectivity index (χ3n) is 1.83. The number of nitrogens with zero attached hydrogens (tertiary/aromatic N) is 2. The second-order valence-electron chi connectivity index (χ2n) is 2.84. The molecule has 2 aromatic rings. The molecule has 0 aliphatic heterocycles. The molecule has 0 atom stereocenters. The summed E-state index contributed by atoms with van der Waals surface area (Å²) >= 11 is 0. The van der Waals surface area contributed by atoms with Crippen molar-refractivity contribution in [3.63, 3.8) is 0 Å². The lowest BCUT2D eigenvalue weighted by Gasteiger charge is -1.96. The molecule has 0 saturated heterocycles. The van der Waals surface area contributed by atoms with Crippen molar-refractivity contribution in [2.45, 2.75) is 6.92 Å². The molecule has 0 radical (unpaired) electrons. The van der Waals surface area contributed by atoms with Gasteiger partial charge in [-0.25, -0.2) is 9.78 Å². The first kappa shape index (κ1) is 10.5. The molecule has 0 amide bonds. The molecule has 14 heavy (non-hydrogen) atoms. The number of rotatable bonds is 1. The number of aryl methyl sites for hydroxylation is 1. The van der Waals surface area contributed by atoms with Crippen LogP contribution in [-0.4, -0.2) is 20.5 Å². The van der Waals surface area contributed by atoms with Gasteiger partial charge >= 0.3 is 5.97 Å². The molecule has 0 saturated carbocycles. The lowest BCUT2D eigenvalue weighted by atomic mass is 10.3. The van der Waals surface area contributed by atoms with E-state index in [1.807, 2.05) is 6.92 Å². The molecular formula is C9H9ClN2O2. The zero-order chi connectivity index (χ0) is 9.42. The van der Waals surface area contributed by atoms with Crippen LogP contribution in [-0.2, 0) is 0 Å². The van der Waals surface area contributed by atoms with Crippen LogP contribution in [0.5, 0.6) is 0 Å². The number of carbonyl (C=O) groups is 1. The maximum absolute atomic E-state index is 10.8. The molecule has 2 heterocycles. The molecule has 5 heteroatoms. The van der Waals surface area contributed by atoms with Crippen LogP contribution in [0.2, 0.25) is 0 Å². The molecule has 1 N–H and O–H groups in total. The summed E-state index contributed by atoms with van der Waals surface area (Å²) in [6.07, 6.45) is 3.57. The predicted molar refractivity (Wildman–Crippen MR) is 54.1 cm³/mol. The van der Waals surface area contributed by atoms with Gasteiger partial charge in [0.15, 0.2) is 5.65 Å². The Hall–Kier alpha value is -1.55. The van der Waals surface area contributed by atoms with Crippen LogP contribution in [0, 0.1) is 6.92 Å². The van der Waals surface area contributed by atoms with Crippen molar-refractivity contribution in [3.05, 3.63) is 35.8 Å². The van der Waals surface area contributed by atoms with Crippen molar-refractivity contribution in [1.29, 1.82) is 0 Å². The minimum atomic E-state index is -0.948. The van der Waals surface area contributed by atoms with Gasteiger partial charge in [-0.05, 0) is 19.1 Å². The number of imidazole rings is 1. The Labute approximate surface area is 86.6 Å². The first-order valence-electron chi connectivity index (χ1n) is 3.86. The highest BCUT2D eigenvalue weighted by Gasteiger charge is 2.09. The molecule has 0 bridgehead atoms. The summed E-state index contributed by atoms with van der Waals surface area (Å²) in [5.41, 5.74) is 1.54. The molecule has 0 aromatic carbocycles. The van der Waals surface area contributed by atoms with E-state index in [9.17, 15) is 4.79 Å². The molecule has 0 fully saturated rings. The fourth-order valence-electron chi connectivity index (χ4n) is 1.30. The molecule has 0 spiro atoms. The number of hydrogen-bond donors (Lipinski definition) is 1. The highest BCUT2D eigenvalue weighted by Crippen LogP contribution is 2.10. The largest absolute Gasteiger partial charge is 0.478 e. The second kappa shape index (κ2) is 3.67. The smallest absolute Gasteiger partial charge is 0.339 e. The zero-order valence-electron chi connectivity index (χ0n) is 7.47. The van der Waals surface area contributed by atoms with E-state index in [0.717, 1.165) is 5.69 Å². The van der Waals surface area contributed by atoms with Crippen molar-refractivity contribution in [2.24, 2.45) is 0 Å². The van der Waals surface area contributed by atoms with Gasteiger partial charge < -0.3 is 9.51 Å². The van der Waals surface area contributed by atoms with E-state index in [2.05, 4.69) is 4.98 Å². The number of pyridine rings is 1. The fraction of sp³-hybridized carbons (Fsp3) is 0.111. The van der Waals surface area contributed by atoms with Crippen LogP contribution in [0.25, 0.3) is 5.65 Å². The Kier molecular flexibility index (Phi) is 2.76. The normalized spacial score (nSPS) is 9.79. The molecular weight excluding hydrogens is 204 g/mol. The van der Waals surface area contributed by atoms with Gasteiger partial charge in [-0.2, -0.15) is 0 Å². The summed E-state index contributed by atoms with van der Waals surface area (Å²) in [6.45, 7) is 1.83. The monoisotopic (exact) mass is 212 g/mol. The van der Waals surface area contributed by atoms with E-state index in [-0.39, 0.29) is 18.0 Å². The van der Waals surface area contributed by atoms with Gasteiger partial charge in [0.1, 0.15) is 5.56 Å². The summed E-state index contributed by atoms with van der Waals surface area (Å²) in [5, 5.41) is 8.84. The Morgan fingerprint density at radius 3 is 2.93 bits per heavy atom. The van der Waals surface area contributed by atoms with Crippen molar-refractivity contribution in [2.75, 3.05) is 0 Å². The van der Waals surface area contributed by atoms with Gasteiger partial charge in [0.25, 0.3) is 0 Å². The van der Waals surface area contributed by atoms with Crippen molar-refractivity contribution >= 4 is 24.0 Å². The third kappa shape index (κ3) is 1.56. The summed E-state index contributed by atoms with van der Waals surface area (Å²) in [6, 6.07) is 3.24. The lowest BCUT2D eigenvalue weighted by Crippen LogP contribution is -1.99. The Balaban J connectivity index is 0.000000980. The third-order valence-corrected chi connectivity index (χ3v) is 1.83. The van der Waals surface area contributed by atoms with Crippen molar-refractivity contribution in [3.8, 4) is 0 Å². The Morgan fingerprint density at radius 2 is 2.29 bits per heavy atom. The highest BCUT2D eigenvalue weighted by atomic mass is 35.5. The fourth-order valence-corrected chi connectivity index (χ4v) is 1.30. The van der Waals surface area contributed by atoms with E-state index >= 15 is 0 Å². The topological polar surface area (TPSA) is 54.6 Å². The molecule has 2 aromatic heterocycles. The summed E-state index contributed by atoms with van der Waals surface area (Å²) in [5.74, 6) is -0.948. The summed E-state index contributed by atoms with van der Waals surface area (Å²) < 4.78 is 1.71. The molecule has 0 unspecified atom stereocenters. The Bertz CT molecular complexity index is 479. The maximum Gasteiger partial charge on any atom is 0.339 e. The van der Waals surface area contributed by atoms with Gasteiger partial charge in [0, 0.05) is 12.4 Å². The number of aromatic nitrogens is 2. The number of carboxylic acid groups (broad SMARTS) is 1. The van der Waals surface area contributed by atoms with Crippen molar-refractivity contribution in [1.82, 2.24) is 9.38 Å². The van der Waals surface area contributed by atoms with Crippen LogP contribution in [0.15, 0.2) is 24.5 Å². The zero-order valence-corrected chi connectivity index (χ0v) is 8.28. The minimum absolute atomic E-state index is 0. The first-order chi connectivity index (χ1) is 6.18. The van der Waals surface area contributed by atoms with Gasteiger partial charge in [0.05, 0.1) is 5.69 Å². The first-order valence-corrected chi connectivity index (χ1v) is 3.86. The number of halogens is 1. The molecule has 0 aliphatic rings. The van der Waals surface area contributed by atoms with E-state index in [1.165, 1.54) is 0 Å². The maximum atomic E-state index is 10.8. The van der Waals surface area contributed by atoms with Gasteiger partial charge in [0.2, 0.25) is 0 Å². The standard InChI is InChI=1S/C9H8N2O2.ClH/c1-6-5-11-4-2-3-7(9(12)13)8(11)10-6;/h2-5H,1H3,(H,12,13);1H. The van der Waals surface area contributed by atoms with Crippen LogP contribution in [0.1, 0.15) is 16.1 Å². The summed E-state index contributed by atoms with van der Waals surface area (Å²) in [4.78, 5) is 14.9. The SMILES string of the molecule is Cc1cn2cccc(C(=O)O)c2n1.Cl. The van der Waals surface area contributed by atoms with E-state index in [1.54, 1.807) is 28.9 Å². The number of fused-ring (bicyclic) bond motifs is 1. The van der Waals surface area contributed by atoms with E-state index in [4.69, 9.17) is 5.11 Å². The minimum Gasteiger partial charge on any atom is -0.478 e. The van der Waals surface area contributed by atoms with Crippen LogP contribution in [0.4, 0.5) is 0 Å². The van der Waals surface area contributed by atoms with Gasteiger partial charge in [-0.15, -0.1) is 12.4 Å². The summed E-state index contributed by atoms with van der Waals surface area (Å²) in [7, 11) is 0. The van der Waals surface area contributed by atoms with Crippen LogP contribution < -0.4 is 0 Å². The number of carboxylic acids is 1. The average Bonchev–Trinajstić information content (AvgIpc) is 2.43. The number of hydrogen-bond acceptors (Lipinski definition) is 2. The molecule has 0 aliphatic carbocycles.